The number of nitrogens with zero attached hydrogens (tertiary/aromatic N) is 1. The Balaban J connectivity index is 2.06. The average molecular weight is 287 g/mol. The minimum absolute atomic E-state index is 0.0129. The predicted octanol–water partition coefficient (Wildman–Crippen LogP) is 1.71. The second-order valence-electron chi connectivity index (χ2n) is 5.45. The zero-order chi connectivity index (χ0) is 15.1. The summed E-state index contributed by atoms with van der Waals surface area (Å²) >= 11 is 0. The van der Waals surface area contributed by atoms with Crippen molar-refractivity contribution in [1.82, 2.24) is 5.32 Å². The summed E-state index contributed by atoms with van der Waals surface area (Å²) in [4.78, 5) is 12.6. The summed E-state index contributed by atoms with van der Waals surface area (Å²) in [6.07, 6.45) is 1.94. The van der Waals surface area contributed by atoms with Crippen LogP contribution >= 0.6 is 0 Å². The number of methoxy groups -OCH3 is 1. The number of hydrogen-bond acceptors (Lipinski definition) is 4. The third-order valence-electron chi connectivity index (χ3n) is 3.96. The lowest BCUT2D eigenvalue weighted by molar-refractivity contribution is -0.130. The summed E-state index contributed by atoms with van der Waals surface area (Å²) in [6, 6.07) is 9.52. The van der Waals surface area contributed by atoms with Gasteiger partial charge in [-0.1, -0.05) is 12.1 Å². The van der Waals surface area contributed by atoms with Crippen molar-refractivity contribution < 1.29 is 9.53 Å². The Bertz CT molecular complexity index is 508. The van der Waals surface area contributed by atoms with Crippen LogP contribution in [0.15, 0.2) is 24.3 Å². The van der Waals surface area contributed by atoms with Crippen molar-refractivity contribution in [2.45, 2.75) is 19.3 Å². The lowest BCUT2D eigenvalue weighted by Crippen LogP contribution is -2.47. The van der Waals surface area contributed by atoms with Gasteiger partial charge in [0.2, 0.25) is 5.91 Å². The minimum Gasteiger partial charge on any atom is -0.384 e. The van der Waals surface area contributed by atoms with Crippen molar-refractivity contribution in [3.05, 3.63) is 29.8 Å². The monoisotopic (exact) mass is 287 g/mol. The molecule has 112 valence electrons. The molecule has 0 atom stereocenters. The fraction of sp³-hybridized carbons (Fsp3) is 0.500. The molecule has 1 heterocycles. The fourth-order valence-corrected chi connectivity index (χ4v) is 2.68. The predicted molar refractivity (Wildman–Crippen MR) is 80.8 cm³/mol. The van der Waals surface area contributed by atoms with Crippen molar-refractivity contribution >= 4 is 11.6 Å². The highest BCUT2D eigenvalue weighted by molar-refractivity contribution is 5.95. The molecule has 1 saturated heterocycles. The van der Waals surface area contributed by atoms with E-state index in [2.05, 4.69) is 16.7 Å². The molecule has 1 amide bonds. The maximum atomic E-state index is 12.6. The van der Waals surface area contributed by atoms with Gasteiger partial charge in [-0.15, -0.1) is 0 Å². The molecule has 0 saturated carbocycles. The van der Waals surface area contributed by atoms with Crippen LogP contribution in [0.3, 0.4) is 0 Å². The molecule has 2 rings (SSSR count). The van der Waals surface area contributed by atoms with E-state index in [0.29, 0.717) is 13.0 Å². The smallest absolute Gasteiger partial charge is 0.233 e. The van der Waals surface area contributed by atoms with Crippen LogP contribution in [-0.2, 0) is 16.0 Å². The topological polar surface area (TPSA) is 74.1 Å². The van der Waals surface area contributed by atoms with Crippen LogP contribution in [-0.4, -0.2) is 32.7 Å². The molecule has 0 bridgehead atoms. The van der Waals surface area contributed by atoms with Gasteiger partial charge in [0.25, 0.3) is 0 Å². The number of nitrogens with one attached hydrogen (secondary N) is 2. The zero-order valence-corrected chi connectivity index (χ0v) is 12.3. The number of hydrogen-bond donors (Lipinski definition) is 2. The molecule has 5 nitrogen and oxygen atoms in total. The molecule has 1 aromatic rings. The van der Waals surface area contributed by atoms with E-state index in [4.69, 9.17) is 10.00 Å². The van der Waals surface area contributed by atoms with Crippen LogP contribution < -0.4 is 10.6 Å². The number of benzene rings is 1. The molecule has 21 heavy (non-hydrogen) atoms. The van der Waals surface area contributed by atoms with Crippen LogP contribution in [0.1, 0.15) is 18.4 Å². The summed E-state index contributed by atoms with van der Waals surface area (Å²) in [5.41, 5.74) is 1.25. The van der Waals surface area contributed by atoms with Crippen LogP contribution in [0.25, 0.3) is 0 Å². The summed E-state index contributed by atoms with van der Waals surface area (Å²) in [5.74, 6) is 0.0129. The Morgan fingerprint density at radius 2 is 2.05 bits per heavy atom. The van der Waals surface area contributed by atoms with Crippen LogP contribution in [0.2, 0.25) is 0 Å². The van der Waals surface area contributed by atoms with Crippen molar-refractivity contribution in [3.63, 3.8) is 0 Å². The van der Waals surface area contributed by atoms with E-state index >= 15 is 0 Å². The van der Waals surface area contributed by atoms with Gasteiger partial charge in [-0.2, -0.15) is 5.26 Å². The Hall–Kier alpha value is -1.90. The highest BCUT2D eigenvalue weighted by atomic mass is 16.5. The maximum Gasteiger partial charge on any atom is 0.233 e. The molecular formula is C16H21N3O2. The van der Waals surface area contributed by atoms with Gasteiger partial charge in [-0.3, -0.25) is 4.79 Å². The van der Waals surface area contributed by atoms with Crippen molar-refractivity contribution in [3.8, 4) is 6.07 Å². The minimum atomic E-state index is -0.453. The number of ether oxygens (including phenoxy) is 1. The molecule has 0 aromatic heterocycles. The number of carbonyl (C=O) groups is 1. The first-order valence-electron chi connectivity index (χ1n) is 7.17. The molecule has 0 spiro atoms. The van der Waals surface area contributed by atoms with Crippen LogP contribution in [0, 0.1) is 16.7 Å². The molecule has 0 unspecified atom stereocenters. The van der Waals surface area contributed by atoms with Gasteiger partial charge in [-0.25, -0.2) is 0 Å². The summed E-state index contributed by atoms with van der Waals surface area (Å²) in [6.45, 7) is 2.10. The van der Waals surface area contributed by atoms with Gasteiger partial charge in [0.1, 0.15) is 0 Å². The van der Waals surface area contributed by atoms with E-state index in [1.54, 1.807) is 7.11 Å². The molecule has 2 N–H and O–H groups in total. The molecule has 1 aliphatic heterocycles. The van der Waals surface area contributed by atoms with Crippen molar-refractivity contribution in [2.75, 3.05) is 32.1 Å². The summed E-state index contributed by atoms with van der Waals surface area (Å²) in [7, 11) is 1.63. The second-order valence-corrected chi connectivity index (χ2v) is 5.45. The number of piperidine rings is 1. The number of amides is 1. The third kappa shape index (κ3) is 3.81. The highest BCUT2D eigenvalue weighted by Crippen LogP contribution is 2.30. The number of carbonyl (C=O) groups excluding carboxylic acids is 1. The lowest BCUT2D eigenvalue weighted by Gasteiger charge is -2.35. The van der Waals surface area contributed by atoms with Gasteiger partial charge in [0, 0.05) is 12.8 Å². The summed E-state index contributed by atoms with van der Waals surface area (Å²) < 4.78 is 5.27. The molecule has 1 aromatic carbocycles. The maximum absolute atomic E-state index is 12.6. The van der Waals surface area contributed by atoms with Crippen LogP contribution in [0.4, 0.5) is 5.69 Å². The Morgan fingerprint density at radius 1 is 1.38 bits per heavy atom. The van der Waals surface area contributed by atoms with Gasteiger partial charge in [0.15, 0.2) is 0 Å². The standard InChI is InChI=1S/C16H21N3O2/c1-21-12-16(7-10-18-11-8-16)15(20)19-14-4-2-13(3-5-14)6-9-17/h2-5,18H,6-8,10-12H2,1H3,(H,19,20). The number of nitriles is 1. The number of anilines is 1. The van der Waals surface area contributed by atoms with Crippen molar-refractivity contribution in [2.24, 2.45) is 5.41 Å². The van der Waals surface area contributed by atoms with Gasteiger partial charge in [0.05, 0.1) is 24.5 Å². The van der Waals surface area contributed by atoms with Gasteiger partial charge < -0.3 is 15.4 Å². The Kier molecular flexibility index (Phi) is 5.32. The zero-order valence-electron chi connectivity index (χ0n) is 12.3. The SMILES string of the molecule is COCC1(C(=O)Nc2ccc(CC#N)cc2)CCNCC1. The first-order valence-corrected chi connectivity index (χ1v) is 7.17. The van der Waals surface area contributed by atoms with Crippen LogP contribution in [0.5, 0.6) is 0 Å². The Labute approximate surface area is 125 Å². The third-order valence-corrected chi connectivity index (χ3v) is 3.96. The average Bonchev–Trinajstić information content (AvgIpc) is 2.51. The number of rotatable bonds is 5. The van der Waals surface area contributed by atoms with E-state index in [-0.39, 0.29) is 5.91 Å². The van der Waals surface area contributed by atoms with E-state index in [1.807, 2.05) is 24.3 Å². The van der Waals surface area contributed by atoms with Crippen molar-refractivity contribution in [1.29, 1.82) is 5.26 Å². The van der Waals surface area contributed by atoms with E-state index in [0.717, 1.165) is 37.2 Å². The molecule has 1 fully saturated rings. The molecule has 1 aliphatic rings. The molecule has 5 heteroatoms. The Morgan fingerprint density at radius 3 is 2.62 bits per heavy atom. The first kappa shape index (κ1) is 15.5. The van der Waals surface area contributed by atoms with E-state index in [9.17, 15) is 4.79 Å². The molecule has 0 radical (unpaired) electrons. The largest absolute Gasteiger partial charge is 0.384 e. The quantitative estimate of drug-likeness (QED) is 0.864. The second kappa shape index (κ2) is 7.21. The summed E-state index contributed by atoms with van der Waals surface area (Å²) in [5, 5.41) is 14.9. The normalized spacial score (nSPS) is 17.0. The first-order chi connectivity index (χ1) is 10.2. The fourth-order valence-electron chi connectivity index (χ4n) is 2.68. The lowest BCUT2D eigenvalue weighted by atomic mass is 9.78. The molecular weight excluding hydrogens is 266 g/mol. The van der Waals surface area contributed by atoms with E-state index in [1.165, 1.54) is 0 Å². The van der Waals surface area contributed by atoms with E-state index < -0.39 is 5.41 Å². The highest BCUT2D eigenvalue weighted by Gasteiger charge is 2.39. The van der Waals surface area contributed by atoms with Gasteiger partial charge >= 0.3 is 0 Å². The molecule has 0 aliphatic carbocycles. The van der Waals surface area contributed by atoms with Gasteiger partial charge in [-0.05, 0) is 43.6 Å².